The first-order valence-corrected chi connectivity index (χ1v) is 6.02. The Hall–Kier alpha value is -2.55. The molecule has 3 aromatic rings. The smallest absolute Gasteiger partial charge is 0.193 e. The highest BCUT2D eigenvalue weighted by molar-refractivity contribution is 5.78. The Kier molecular flexibility index (Phi) is 2.80. The van der Waals surface area contributed by atoms with Gasteiger partial charge in [0, 0.05) is 12.5 Å². The van der Waals surface area contributed by atoms with Gasteiger partial charge in [-0.25, -0.2) is 0 Å². The first kappa shape index (κ1) is 11.5. The number of hydrogen-bond acceptors (Lipinski definition) is 3. The molecule has 0 aliphatic carbocycles. The van der Waals surface area contributed by atoms with Gasteiger partial charge < -0.3 is 9.52 Å². The molecule has 19 heavy (non-hydrogen) atoms. The summed E-state index contributed by atoms with van der Waals surface area (Å²) in [6.07, 6.45) is 0.576. The molecule has 0 saturated heterocycles. The van der Waals surface area contributed by atoms with Crippen molar-refractivity contribution in [3.05, 3.63) is 76.1 Å². The van der Waals surface area contributed by atoms with Gasteiger partial charge in [0.15, 0.2) is 5.43 Å². The first-order valence-electron chi connectivity index (χ1n) is 6.02. The maximum absolute atomic E-state index is 12.0. The normalized spacial score (nSPS) is 10.7. The van der Waals surface area contributed by atoms with Gasteiger partial charge in [-0.2, -0.15) is 0 Å². The number of phenolic OH excluding ortho intramolecular Hbond substituents is 1. The zero-order valence-electron chi connectivity index (χ0n) is 10.2. The van der Waals surface area contributed by atoms with Crippen molar-refractivity contribution >= 4 is 11.0 Å². The van der Waals surface area contributed by atoms with Crippen LogP contribution in [0.2, 0.25) is 0 Å². The van der Waals surface area contributed by atoms with Crippen LogP contribution in [-0.4, -0.2) is 5.11 Å². The third-order valence-electron chi connectivity index (χ3n) is 2.98. The van der Waals surface area contributed by atoms with Crippen LogP contribution < -0.4 is 5.43 Å². The molecule has 0 aliphatic heterocycles. The fourth-order valence-electron chi connectivity index (χ4n) is 2.08. The van der Waals surface area contributed by atoms with Crippen LogP contribution in [0, 0.1) is 0 Å². The van der Waals surface area contributed by atoms with E-state index in [0.717, 1.165) is 5.56 Å². The van der Waals surface area contributed by atoms with E-state index in [-0.39, 0.29) is 11.2 Å². The minimum atomic E-state index is -0.136. The SMILES string of the molecule is O=c1cc(Cc2ccccc2)oc2ccc(O)cc12. The summed E-state index contributed by atoms with van der Waals surface area (Å²) < 4.78 is 5.69. The Morgan fingerprint density at radius 3 is 2.58 bits per heavy atom. The van der Waals surface area contributed by atoms with Gasteiger partial charge in [-0.15, -0.1) is 0 Å². The summed E-state index contributed by atoms with van der Waals surface area (Å²) in [6.45, 7) is 0. The van der Waals surface area contributed by atoms with Crippen molar-refractivity contribution < 1.29 is 9.52 Å². The summed E-state index contributed by atoms with van der Waals surface area (Å²) in [6, 6.07) is 15.9. The molecule has 94 valence electrons. The van der Waals surface area contributed by atoms with Gasteiger partial charge >= 0.3 is 0 Å². The Balaban J connectivity index is 2.07. The zero-order valence-corrected chi connectivity index (χ0v) is 10.2. The molecular weight excluding hydrogens is 240 g/mol. The summed E-state index contributed by atoms with van der Waals surface area (Å²) in [5, 5.41) is 9.78. The predicted octanol–water partition coefficient (Wildman–Crippen LogP) is 3.09. The van der Waals surface area contributed by atoms with Gasteiger partial charge in [-0.05, 0) is 23.8 Å². The van der Waals surface area contributed by atoms with Crippen molar-refractivity contribution in [2.45, 2.75) is 6.42 Å². The third kappa shape index (κ3) is 2.36. The maximum atomic E-state index is 12.0. The lowest BCUT2D eigenvalue weighted by molar-refractivity contribution is 0.475. The lowest BCUT2D eigenvalue weighted by Crippen LogP contribution is -2.02. The Labute approximate surface area is 109 Å². The summed E-state index contributed by atoms with van der Waals surface area (Å²) in [5.74, 6) is 0.685. The second kappa shape index (κ2) is 4.61. The number of phenols is 1. The Morgan fingerprint density at radius 1 is 1.00 bits per heavy atom. The van der Waals surface area contributed by atoms with E-state index in [1.165, 1.54) is 18.2 Å². The molecule has 0 atom stereocenters. The largest absolute Gasteiger partial charge is 0.508 e. The van der Waals surface area contributed by atoms with Crippen LogP contribution in [0.25, 0.3) is 11.0 Å². The quantitative estimate of drug-likeness (QED) is 0.762. The van der Waals surface area contributed by atoms with Gasteiger partial charge in [-0.3, -0.25) is 4.79 Å². The van der Waals surface area contributed by atoms with Crippen molar-refractivity contribution in [3.63, 3.8) is 0 Å². The molecule has 0 spiro atoms. The maximum Gasteiger partial charge on any atom is 0.193 e. The number of benzene rings is 2. The molecule has 0 saturated carbocycles. The van der Waals surface area contributed by atoms with Crippen molar-refractivity contribution in [1.82, 2.24) is 0 Å². The van der Waals surface area contributed by atoms with E-state index in [9.17, 15) is 9.90 Å². The number of fused-ring (bicyclic) bond motifs is 1. The molecule has 3 rings (SSSR count). The minimum Gasteiger partial charge on any atom is -0.508 e. The molecule has 0 amide bonds. The van der Waals surface area contributed by atoms with Crippen LogP contribution in [0.5, 0.6) is 5.75 Å². The van der Waals surface area contributed by atoms with Gasteiger partial charge in [0.05, 0.1) is 5.39 Å². The van der Waals surface area contributed by atoms with Gasteiger partial charge in [0.1, 0.15) is 17.1 Å². The zero-order chi connectivity index (χ0) is 13.2. The van der Waals surface area contributed by atoms with Gasteiger partial charge in [0.25, 0.3) is 0 Å². The molecule has 1 N–H and O–H groups in total. The molecule has 0 unspecified atom stereocenters. The predicted molar refractivity (Wildman–Crippen MR) is 73.4 cm³/mol. The van der Waals surface area contributed by atoms with Crippen LogP contribution in [0.15, 0.2) is 63.8 Å². The average molecular weight is 252 g/mol. The monoisotopic (exact) mass is 252 g/mol. The van der Waals surface area contributed by atoms with E-state index >= 15 is 0 Å². The third-order valence-corrected chi connectivity index (χ3v) is 2.98. The summed E-state index contributed by atoms with van der Waals surface area (Å²) in [7, 11) is 0. The fraction of sp³-hybridized carbons (Fsp3) is 0.0625. The topological polar surface area (TPSA) is 50.4 Å². The molecule has 1 heterocycles. The molecule has 0 bridgehead atoms. The fourth-order valence-corrected chi connectivity index (χ4v) is 2.08. The first-order chi connectivity index (χ1) is 9.22. The summed E-state index contributed by atoms with van der Waals surface area (Å²) >= 11 is 0. The average Bonchev–Trinajstić information content (AvgIpc) is 2.41. The highest BCUT2D eigenvalue weighted by Crippen LogP contribution is 2.19. The Morgan fingerprint density at radius 2 is 1.79 bits per heavy atom. The van der Waals surface area contributed by atoms with Crippen LogP contribution in [-0.2, 0) is 6.42 Å². The number of hydrogen-bond donors (Lipinski definition) is 1. The molecular formula is C16H12O3. The molecule has 3 heteroatoms. The van der Waals surface area contributed by atoms with Crippen molar-refractivity contribution in [3.8, 4) is 5.75 Å². The second-order valence-electron chi connectivity index (χ2n) is 4.42. The van der Waals surface area contributed by atoms with Crippen molar-refractivity contribution in [2.75, 3.05) is 0 Å². The van der Waals surface area contributed by atoms with Crippen LogP contribution in [0.3, 0.4) is 0 Å². The van der Waals surface area contributed by atoms with E-state index in [4.69, 9.17) is 4.42 Å². The molecule has 1 aromatic heterocycles. The van der Waals surface area contributed by atoms with Crippen LogP contribution in [0.4, 0.5) is 0 Å². The van der Waals surface area contributed by atoms with E-state index < -0.39 is 0 Å². The molecule has 0 radical (unpaired) electrons. The van der Waals surface area contributed by atoms with Gasteiger partial charge in [0.2, 0.25) is 0 Å². The number of rotatable bonds is 2. The Bertz CT molecular complexity index is 773. The lowest BCUT2D eigenvalue weighted by atomic mass is 10.1. The van der Waals surface area contributed by atoms with Crippen LogP contribution in [0.1, 0.15) is 11.3 Å². The van der Waals surface area contributed by atoms with Crippen molar-refractivity contribution in [2.24, 2.45) is 0 Å². The molecule has 3 nitrogen and oxygen atoms in total. The highest BCUT2D eigenvalue weighted by atomic mass is 16.3. The lowest BCUT2D eigenvalue weighted by Gasteiger charge is -2.03. The van der Waals surface area contributed by atoms with E-state index in [0.29, 0.717) is 23.2 Å². The van der Waals surface area contributed by atoms with Crippen LogP contribution >= 0.6 is 0 Å². The van der Waals surface area contributed by atoms with Gasteiger partial charge in [-0.1, -0.05) is 30.3 Å². The van der Waals surface area contributed by atoms with E-state index in [2.05, 4.69) is 0 Å². The minimum absolute atomic E-state index is 0.0654. The highest BCUT2D eigenvalue weighted by Gasteiger charge is 2.06. The standard InChI is InChI=1S/C16H12O3/c17-12-6-7-16-14(9-12)15(18)10-13(19-16)8-11-4-2-1-3-5-11/h1-7,9-10,17H,8H2. The molecule has 0 fully saturated rings. The number of aromatic hydroxyl groups is 1. The molecule has 0 aliphatic rings. The van der Waals surface area contributed by atoms with E-state index in [1.54, 1.807) is 6.07 Å². The summed E-state index contributed by atoms with van der Waals surface area (Å²) in [4.78, 5) is 12.0. The summed E-state index contributed by atoms with van der Waals surface area (Å²) in [5.41, 5.74) is 1.45. The second-order valence-corrected chi connectivity index (χ2v) is 4.42. The van der Waals surface area contributed by atoms with Crippen molar-refractivity contribution in [1.29, 1.82) is 0 Å². The van der Waals surface area contributed by atoms with E-state index in [1.807, 2.05) is 30.3 Å². The molecule has 2 aromatic carbocycles.